The van der Waals surface area contributed by atoms with Crippen LogP contribution in [0.5, 0.6) is 0 Å². The summed E-state index contributed by atoms with van der Waals surface area (Å²) in [6.07, 6.45) is 1.29. The van der Waals surface area contributed by atoms with E-state index in [1.165, 1.54) is 0 Å². The van der Waals surface area contributed by atoms with E-state index in [1.54, 1.807) is 13.0 Å². The zero-order valence-corrected chi connectivity index (χ0v) is 7.27. The first kappa shape index (κ1) is 8.92. The molecule has 0 heterocycles. The van der Waals surface area contributed by atoms with Crippen LogP contribution in [0.15, 0.2) is 22.7 Å². The summed E-state index contributed by atoms with van der Waals surface area (Å²) < 4.78 is 0.873. The molecule has 0 aromatic rings. The van der Waals surface area contributed by atoms with Gasteiger partial charge in [-0.25, -0.2) is 0 Å². The molecule has 1 N–H and O–H groups in total. The van der Waals surface area contributed by atoms with Crippen molar-refractivity contribution < 1.29 is 5.11 Å². The van der Waals surface area contributed by atoms with Gasteiger partial charge in [0.1, 0.15) is 0 Å². The standard InChI is InChI=1S/C7H11BrO/c1-5(2)7(8)4-6(3)9/h4,6,9H,1H2,2-3H3/b7-4+. The highest BCUT2D eigenvalue weighted by atomic mass is 79.9. The molecule has 0 spiro atoms. The molecule has 1 unspecified atom stereocenters. The van der Waals surface area contributed by atoms with E-state index in [2.05, 4.69) is 22.5 Å². The molecule has 52 valence electrons. The number of hydrogen-bond donors (Lipinski definition) is 1. The average Bonchev–Trinajstić information content (AvgIpc) is 1.63. The second-order valence-corrected chi connectivity index (χ2v) is 2.89. The molecule has 1 nitrogen and oxygen atoms in total. The van der Waals surface area contributed by atoms with Crippen LogP contribution in [-0.2, 0) is 0 Å². The van der Waals surface area contributed by atoms with Gasteiger partial charge in [-0.15, -0.1) is 0 Å². The minimum Gasteiger partial charge on any atom is -0.389 e. The third-order valence-corrected chi connectivity index (χ3v) is 1.74. The fraction of sp³-hybridized carbons (Fsp3) is 0.429. The van der Waals surface area contributed by atoms with E-state index >= 15 is 0 Å². The lowest BCUT2D eigenvalue weighted by atomic mass is 10.3. The third kappa shape index (κ3) is 4.43. The van der Waals surface area contributed by atoms with Crippen LogP contribution in [0.3, 0.4) is 0 Å². The van der Waals surface area contributed by atoms with Gasteiger partial charge in [0.2, 0.25) is 0 Å². The highest BCUT2D eigenvalue weighted by Crippen LogP contribution is 2.14. The van der Waals surface area contributed by atoms with E-state index in [1.807, 2.05) is 6.92 Å². The first-order valence-corrected chi connectivity index (χ1v) is 3.54. The minimum atomic E-state index is -0.406. The normalized spacial score (nSPS) is 15.3. The summed E-state index contributed by atoms with van der Waals surface area (Å²) >= 11 is 3.24. The van der Waals surface area contributed by atoms with Crippen molar-refractivity contribution in [2.24, 2.45) is 0 Å². The fourth-order valence-electron chi connectivity index (χ4n) is 0.354. The van der Waals surface area contributed by atoms with Crippen LogP contribution in [-0.4, -0.2) is 11.2 Å². The lowest BCUT2D eigenvalue weighted by Crippen LogP contribution is -1.93. The van der Waals surface area contributed by atoms with Gasteiger partial charge in [-0.3, -0.25) is 0 Å². The number of rotatable bonds is 2. The van der Waals surface area contributed by atoms with E-state index < -0.39 is 6.10 Å². The van der Waals surface area contributed by atoms with Crippen molar-refractivity contribution in [3.8, 4) is 0 Å². The lowest BCUT2D eigenvalue weighted by Gasteiger charge is -1.98. The molecule has 0 amide bonds. The van der Waals surface area contributed by atoms with E-state index in [-0.39, 0.29) is 0 Å². The van der Waals surface area contributed by atoms with Crippen LogP contribution in [0, 0.1) is 0 Å². The summed E-state index contributed by atoms with van der Waals surface area (Å²) in [5.74, 6) is 0. The van der Waals surface area contributed by atoms with Gasteiger partial charge in [-0.2, -0.15) is 0 Å². The van der Waals surface area contributed by atoms with Crippen LogP contribution < -0.4 is 0 Å². The van der Waals surface area contributed by atoms with Crippen molar-refractivity contribution in [2.75, 3.05) is 0 Å². The number of halogens is 1. The van der Waals surface area contributed by atoms with E-state index in [0.717, 1.165) is 10.1 Å². The largest absolute Gasteiger partial charge is 0.389 e. The summed E-state index contributed by atoms with van der Waals surface area (Å²) in [5, 5.41) is 8.82. The molecule has 9 heavy (non-hydrogen) atoms. The number of allylic oxidation sites excluding steroid dienone is 2. The second kappa shape index (κ2) is 3.85. The first-order valence-electron chi connectivity index (χ1n) is 2.75. The maximum absolute atomic E-state index is 8.82. The number of aliphatic hydroxyl groups is 1. The molecule has 0 bridgehead atoms. The molecule has 0 aromatic heterocycles. The maximum atomic E-state index is 8.82. The van der Waals surface area contributed by atoms with Gasteiger partial charge in [0.15, 0.2) is 0 Å². The number of aliphatic hydroxyl groups excluding tert-OH is 1. The minimum absolute atomic E-state index is 0.406. The zero-order chi connectivity index (χ0) is 7.44. The van der Waals surface area contributed by atoms with Crippen LogP contribution in [0.4, 0.5) is 0 Å². The first-order chi connectivity index (χ1) is 4.04. The van der Waals surface area contributed by atoms with Gasteiger partial charge in [0.05, 0.1) is 6.10 Å². The molecular formula is C7H11BrO. The Morgan fingerprint density at radius 1 is 1.78 bits per heavy atom. The van der Waals surface area contributed by atoms with Crippen molar-refractivity contribution in [1.82, 2.24) is 0 Å². The van der Waals surface area contributed by atoms with Gasteiger partial charge >= 0.3 is 0 Å². The van der Waals surface area contributed by atoms with Crippen molar-refractivity contribution in [1.29, 1.82) is 0 Å². The topological polar surface area (TPSA) is 20.2 Å². The Morgan fingerprint density at radius 3 is 2.33 bits per heavy atom. The van der Waals surface area contributed by atoms with Gasteiger partial charge in [0.25, 0.3) is 0 Å². The van der Waals surface area contributed by atoms with Crippen molar-refractivity contribution >= 4 is 15.9 Å². The van der Waals surface area contributed by atoms with Crippen molar-refractivity contribution in [3.63, 3.8) is 0 Å². The van der Waals surface area contributed by atoms with E-state index in [0.29, 0.717) is 0 Å². The third-order valence-electron chi connectivity index (χ3n) is 0.795. The second-order valence-electron chi connectivity index (χ2n) is 2.04. The van der Waals surface area contributed by atoms with Gasteiger partial charge in [0, 0.05) is 4.48 Å². The molecule has 0 saturated carbocycles. The summed E-state index contributed by atoms with van der Waals surface area (Å²) in [6, 6.07) is 0. The van der Waals surface area contributed by atoms with Crippen molar-refractivity contribution in [3.05, 3.63) is 22.7 Å². The lowest BCUT2D eigenvalue weighted by molar-refractivity contribution is 0.244. The Labute approximate surface area is 64.2 Å². The quantitative estimate of drug-likeness (QED) is 0.663. The molecule has 1 atom stereocenters. The van der Waals surface area contributed by atoms with Crippen LogP contribution in [0.2, 0.25) is 0 Å². The molecule has 0 aliphatic heterocycles. The Balaban J connectivity index is 4.00. The Morgan fingerprint density at radius 2 is 2.22 bits per heavy atom. The van der Waals surface area contributed by atoms with Gasteiger partial charge < -0.3 is 5.11 Å². The highest BCUT2D eigenvalue weighted by Gasteiger charge is 1.93. The summed E-state index contributed by atoms with van der Waals surface area (Å²) in [5.41, 5.74) is 0.927. The molecule has 0 rings (SSSR count). The van der Waals surface area contributed by atoms with Crippen molar-refractivity contribution in [2.45, 2.75) is 20.0 Å². The molecule has 0 aliphatic rings. The molecule has 2 heteroatoms. The predicted molar refractivity (Wildman–Crippen MR) is 43.5 cm³/mol. The highest BCUT2D eigenvalue weighted by molar-refractivity contribution is 9.12. The Bertz CT molecular complexity index is 136. The number of hydrogen-bond acceptors (Lipinski definition) is 1. The summed E-state index contributed by atoms with van der Waals surface area (Å²) in [4.78, 5) is 0. The monoisotopic (exact) mass is 190 g/mol. The molecule has 0 aliphatic carbocycles. The molecule has 0 fully saturated rings. The van der Waals surface area contributed by atoms with Crippen LogP contribution in [0.1, 0.15) is 13.8 Å². The molecular weight excluding hydrogens is 180 g/mol. The smallest absolute Gasteiger partial charge is 0.0706 e. The maximum Gasteiger partial charge on any atom is 0.0706 e. The van der Waals surface area contributed by atoms with Gasteiger partial charge in [-0.1, -0.05) is 22.5 Å². The molecule has 0 aromatic carbocycles. The van der Waals surface area contributed by atoms with E-state index in [9.17, 15) is 0 Å². The van der Waals surface area contributed by atoms with Crippen LogP contribution in [0.25, 0.3) is 0 Å². The Hall–Kier alpha value is -0.0800. The molecule has 0 radical (unpaired) electrons. The Kier molecular flexibility index (Phi) is 3.82. The van der Waals surface area contributed by atoms with E-state index in [4.69, 9.17) is 5.11 Å². The fourth-order valence-corrected chi connectivity index (χ4v) is 0.737. The average molecular weight is 191 g/mol. The summed E-state index contributed by atoms with van der Waals surface area (Å²) in [7, 11) is 0. The van der Waals surface area contributed by atoms with Crippen LogP contribution >= 0.6 is 15.9 Å². The SMILES string of the molecule is C=C(C)/C(Br)=C\C(C)O. The summed E-state index contributed by atoms with van der Waals surface area (Å²) in [6.45, 7) is 7.26. The predicted octanol–water partition coefficient (Wildman–Crippen LogP) is 2.22. The van der Waals surface area contributed by atoms with Gasteiger partial charge in [-0.05, 0) is 25.5 Å². The zero-order valence-electron chi connectivity index (χ0n) is 5.69. The molecule has 0 saturated heterocycles.